The van der Waals surface area contributed by atoms with E-state index in [1.807, 2.05) is 67.7 Å². The molecule has 3 aromatic carbocycles. The lowest BCUT2D eigenvalue weighted by Gasteiger charge is -2.39. The second kappa shape index (κ2) is 8.65. The van der Waals surface area contributed by atoms with Crippen molar-refractivity contribution >= 4 is 34.8 Å². The molecule has 5 rings (SSSR count). The summed E-state index contributed by atoms with van der Waals surface area (Å²) in [6.45, 7) is 0.554. The Morgan fingerprint density at radius 3 is 2.56 bits per heavy atom. The first-order valence-corrected chi connectivity index (χ1v) is 11.6. The number of rotatable bonds is 4. The number of fused-ring (bicyclic) bond motifs is 3. The summed E-state index contributed by atoms with van der Waals surface area (Å²) < 4.78 is 0. The first kappa shape index (κ1) is 21.1. The monoisotopic (exact) mass is 462 g/mol. The summed E-state index contributed by atoms with van der Waals surface area (Å²) in [5, 5.41) is 4.81. The van der Waals surface area contributed by atoms with E-state index in [0.29, 0.717) is 28.1 Å². The molecule has 0 bridgehead atoms. The van der Waals surface area contributed by atoms with Gasteiger partial charge in [-0.2, -0.15) is 0 Å². The Labute approximate surface area is 198 Å². The fraction of sp³-hybridized carbons (Fsp3) is 0.222. The molecule has 2 aliphatic rings. The van der Waals surface area contributed by atoms with Crippen molar-refractivity contribution in [1.29, 1.82) is 0 Å². The second-order valence-corrected chi connectivity index (χ2v) is 9.32. The van der Waals surface area contributed by atoms with Crippen molar-refractivity contribution < 1.29 is 4.79 Å². The number of hydrogen-bond acceptors (Lipinski definition) is 2. The molecule has 1 aliphatic heterocycles. The molecule has 162 valence electrons. The molecule has 1 N–H and O–H groups in total. The van der Waals surface area contributed by atoms with Crippen LogP contribution in [0.5, 0.6) is 0 Å². The standard InChI is InChI=1S/C27H24Cl2N2O/c1-31(16-17-8-3-2-4-9-17)27(32)22-14-6-12-20-18-10-5-11-19(18)25(30-26(20)22)21-13-7-15-23(28)24(21)29/h2-10,12-15,18-19,25,30H,11,16H2,1H3. The van der Waals surface area contributed by atoms with Gasteiger partial charge < -0.3 is 10.2 Å². The molecule has 0 saturated carbocycles. The van der Waals surface area contributed by atoms with E-state index < -0.39 is 0 Å². The summed E-state index contributed by atoms with van der Waals surface area (Å²) >= 11 is 13.0. The molecule has 0 radical (unpaired) electrons. The lowest BCUT2D eigenvalue weighted by molar-refractivity contribution is 0.0785. The summed E-state index contributed by atoms with van der Waals surface area (Å²) in [7, 11) is 1.85. The first-order valence-electron chi connectivity index (χ1n) is 10.8. The number of carbonyl (C=O) groups excluding carboxylic acids is 1. The first-order chi connectivity index (χ1) is 15.5. The number of para-hydroxylation sites is 1. The average molecular weight is 463 g/mol. The third-order valence-corrected chi connectivity index (χ3v) is 7.39. The summed E-state index contributed by atoms with van der Waals surface area (Å²) in [5.41, 5.74) is 4.82. The molecular formula is C27H24Cl2N2O. The largest absolute Gasteiger partial charge is 0.377 e. The van der Waals surface area contributed by atoms with Crippen LogP contribution in [0.2, 0.25) is 10.0 Å². The molecule has 0 spiro atoms. The third-order valence-electron chi connectivity index (χ3n) is 6.55. The highest BCUT2D eigenvalue weighted by molar-refractivity contribution is 6.42. The molecule has 0 aromatic heterocycles. The van der Waals surface area contributed by atoms with E-state index in [9.17, 15) is 4.79 Å². The fourth-order valence-corrected chi connectivity index (χ4v) is 5.43. The summed E-state index contributed by atoms with van der Waals surface area (Å²) in [6.07, 6.45) is 5.45. The van der Waals surface area contributed by atoms with Gasteiger partial charge in [-0.05, 0) is 41.2 Å². The fourth-order valence-electron chi connectivity index (χ4n) is 5.00. The summed E-state index contributed by atoms with van der Waals surface area (Å²) in [5.74, 6) is 0.555. The molecular weight excluding hydrogens is 439 g/mol. The molecule has 1 amide bonds. The third kappa shape index (κ3) is 3.70. The van der Waals surface area contributed by atoms with Crippen molar-refractivity contribution in [3.05, 3.63) is 111 Å². The number of halogens is 2. The Morgan fingerprint density at radius 2 is 1.75 bits per heavy atom. The second-order valence-electron chi connectivity index (χ2n) is 8.54. The van der Waals surface area contributed by atoms with E-state index in [-0.39, 0.29) is 17.9 Å². The van der Waals surface area contributed by atoms with Crippen LogP contribution in [0.25, 0.3) is 0 Å². The molecule has 0 saturated heterocycles. The minimum absolute atomic E-state index is 0.00503. The minimum Gasteiger partial charge on any atom is -0.377 e. The zero-order chi connectivity index (χ0) is 22.2. The Bertz CT molecular complexity index is 1190. The van der Waals surface area contributed by atoms with Gasteiger partial charge in [0.15, 0.2) is 0 Å². The Kier molecular flexibility index (Phi) is 5.71. The van der Waals surface area contributed by atoms with Gasteiger partial charge in [-0.15, -0.1) is 0 Å². The molecule has 1 aliphatic carbocycles. The van der Waals surface area contributed by atoms with Crippen molar-refractivity contribution in [1.82, 2.24) is 4.90 Å². The van der Waals surface area contributed by atoms with Crippen molar-refractivity contribution in [2.24, 2.45) is 5.92 Å². The highest BCUT2D eigenvalue weighted by Gasteiger charge is 2.40. The van der Waals surface area contributed by atoms with Gasteiger partial charge in [0.25, 0.3) is 5.91 Å². The zero-order valence-electron chi connectivity index (χ0n) is 17.8. The van der Waals surface area contributed by atoms with E-state index in [2.05, 4.69) is 23.5 Å². The number of anilines is 1. The van der Waals surface area contributed by atoms with E-state index in [4.69, 9.17) is 23.2 Å². The van der Waals surface area contributed by atoms with Crippen LogP contribution < -0.4 is 5.32 Å². The molecule has 3 unspecified atom stereocenters. The number of amides is 1. The molecule has 32 heavy (non-hydrogen) atoms. The van der Waals surface area contributed by atoms with E-state index in [1.165, 1.54) is 0 Å². The molecule has 3 nitrogen and oxygen atoms in total. The summed E-state index contributed by atoms with van der Waals surface area (Å²) in [4.78, 5) is 15.3. The Balaban J connectivity index is 1.53. The molecule has 3 atom stereocenters. The summed E-state index contributed by atoms with van der Waals surface area (Å²) in [6, 6.07) is 21.8. The maximum atomic E-state index is 13.5. The van der Waals surface area contributed by atoms with Gasteiger partial charge in [-0.25, -0.2) is 0 Å². The van der Waals surface area contributed by atoms with E-state index in [1.54, 1.807) is 4.90 Å². The number of hydrogen-bond donors (Lipinski definition) is 1. The number of benzene rings is 3. The molecule has 5 heteroatoms. The van der Waals surface area contributed by atoms with Gasteiger partial charge >= 0.3 is 0 Å². The number of nitrogens with one attached hydrogen (secondary N) is 1. The molecule has 3 aromatic rings. The maximum Gasteiger partial charge on any atom is 0.256 e. The van der Waals surface area contributed by atoms with Gasteiger partial charge in [0, 0.05) is 19.5 Å². The van der Waals surface area contributed by atoms with Crippen LogP contribution in [0.4, 0.5) is 5.69 Å². The molecule has 0 fully saturated rings. The number of carbonyl (C=O) groups is 1. The lowest BCUT2D eigenvalue weighted by Crippen LogP contribution is -2.33. The normalized spacial score (nSPS) is 20.9. The average Bonchev–Trinajstić information content (AvgIpc) is 3.31. The van der Waals surface area contributed by atoms with Crippen molar-refractivity contribution in [3.8, 4) is 0 Å². The van der Waals surface area contributed by atoms with Gasteiger partial charge in [0.2, 0.25) is 0 Å². The SMILES string of the molecule is CN(Cc1ccccc1)C(=O)c1cccc2c1NC(c1cccc(Cl)c1Cl)C1CC=CC21. The van der Waals surface area contributed by atoms with Crippen LogP contribution >= 0.6 is 23.2 Å². The predicted octanol–water partition coefficient (Wildman–Crippen LogP) is 7.09. The topological polar surface area (TPSA) is 32.3 Å². The quantitative estimate of drug-likeness (QED) is 0.419. The van der Waals surface area contributed by atoms with Crippen LogP contribution in [0.1, 0.15) is 45.4 Å². The van der Waals surface area contributed by atoms with Gasteiger partial charge in [-0.1, -0.05) is 90.0 Å². The Hall–Kier alpha value is -2.75. The minimum atomic E-state index is -0.0259. The van der Waals surface area contributed by atoms with Gasteiger partial charge in [-0.3, -0.25) is 4.79 Å². The van der Waals surface area contributed by atoms with Gasteiger partial charge in [0.05, 0.1) is 27.3 Å². The van der Waals surface area contributed by atoms with Crippen LogP contribution in [0, 0.1) is 5.92 Å². The smallest absolute Gasteiger partial charge is 0.256 e. The molecule has 1 heterocycles. The van der Waals surface area contributed by atoms with Crippen molar-refractivity contribution in [2.45, 2.75) is 24.9 Å². The maximum absolute atomic E-state index is 13.5. The Morgan fingerprint density at radius 1 is 1.00 bits per heavy atom. The van der Waals surface area contributed by atoms with E-state index in [0.717, 1.165) is 28.8 Å². The number of allylic oxidation sites excluding steroid dienone is 2. The van der Waals surface area contributed by atoms with Crippen molar-refractivity contribution in [2.75, 3.05) is 12.4 Å². The predicted molar refractivity (Wildman–Crippen MR) is 131 cm³/mol. The highest BCUT2D eigenvalue weighted by Crippen LogP contribution is 2.52. The van der Waals surface area contributed by atoms with Crippen molar-refractivity contribution in [3.63, 3.8) is 0 Å². The van der Waals surface area contributed by atoms with Crippen LogP contribution in [0.3, 0.4) is 0 Å². The van der Waals surface area contributed by atoms with Gasteiger partial charge in [0.1, 0.15) is 0 Å². The van der Waals surface area contributed by atoms with Crippen LogP contribution in [-0.4, -0.2) is 17.9 Å². The number of nitrogens with zero attached hydrogens (tertiary/aromatic N) is 1. The lowest BCUT2D eigenvalue weighted by atomic mass is 9.76. The highest BCUT2D eigenvalue weighted by atomic mass is 35.5. The van der Waals surface area contributed by atoms with Crippen LogP contribution in [0.15, 0.2) is 78.9 Å². The van der Waals surface area contributed by atoms with E-state index >= 15 is 0 Å². The zero-order valence-corrected chi connectivity index (χ0v) is 19.3. The van der Waals surface area contributed by atoms with Crippen LogP contribution in [-0.2, 0) is 6.54 Å².